The van der Waals surface area contributed by atoms with Crippen LogP contribution in [0.25, 0.3) is 0 Å². The van der Waals surface area contributed by atoms with Crippen LogP contribution >= 0.6 is 33.9 Å². The maximum absolute atomic E-state index is 11.4. The zero-order chi connectivity index (χ0) is 15.4. The molecule has 0 unspecified atom stereocenters. The van der Waals surface area contributed by atoms with Crippen molar-refractivity contribution in [1.82, 2.24) is 0 Å². The summed E-state index contributed by atoms with van der Waals surface area (Å²) < 4.78 is 28.4. The number of hydrogen-bond acceptors (Lipinski definition) is 3. The maximum Gasteiger partial charge on any atom is 0.233 e. The van der Waals surface area contributed by atoms with Gasteiger partial charge in [-0.2, -0.15) is 0 Å². The Balaban J connectivity index is 2.86. The first-order chi connectivity index (χ1) is 9.21. The van der Waals surface area contributed by atoms with Crippen molar-refractivity contribution in [1.29, 1.82) is 0 Å². The van der Waals surface area contributed by atoms with Gasteiger partial charge in [0.25, 0.3) is 0 Å². The summed E-state index contributed by atoms with van der Waals surface area (Å²) in [7, 11) is 1.79. The van der Waals surface area contributed by atoms with Gasteiger partial charge in [0.2, 0.25) is 9.05 Å². The van der Waals surface area contributed by atoms with Crippen LogP contribution in [-0.2, 0) is 9.05 Å². The van der Waals surface area contributed by atoms with Gasteiger partial charge in [-0.1, -0.05) is 37.0 Å². The Labute approximate surface area is 134 Å². The lowest BCUT2D eigenvalue weighted by atomic mass is 9.85. The van der Waals surface area contributed by atoms with Crippen molar-refractivity contribution in [3.8, 4) is 5.75 Å². The predicted molar refractivity (Wildman–Crippen MR) is 84.6 cm³/mol. The van der Waals surface area contributed by atoms with Gasteiger partial charge >= 0.3 is 0 Å². The molecule has 0 fully saturated rings. The average Bonchev–Trinajstić information content (AvgIpc) is 2.35. The minimum atomic E-state index is -3.59. The quantitative estimate of drug-likeness (QED) is 0.660. The molecule has 0 atom stereocenters. The summed E-state index contributed by atoms with van der Waals surface area (Å²) in [5, 5.41) is 0.912. The van der Waals surface area contributed by atoms with Gasteiger partial charge in [0.1, 0.15) is 5.75 Å². The van der Waals surface area contributed by atoms with Crippen LogP contribution < -0.4 is 4.74 Å². The van der Waals surface area contributed by atoms with Gasteiger partial charge in [0.15, 0.2) is 0 Å². The Morgan fingerprint density at radius 1 is 1.20 bits per heavy atom. The third-order valence-electron chi connectivity index (χ3n) is 3.41. The molecule has 0 heterocycles. The minimum absolute atomic E-state index is 0.125. The predicted octanol–water partition coefficient (Wildman–Crippen LogP) is 4.75. The van der Waals surface area contributed by atoms with E-state index in [1.807, 2.05) is 13.8 Å². The normalized spacial score (nSPS) is 12.4. The van der Waals surface area contributed by atoms with Crippen molar-refractivity contribution in [2.45, 2.75) is 26.7 Å². The molecule has 1 aromatic carbocycles. The van der Waals surface area contributed by atoms with Crippen molar-refractivity contribution >= 4 is 42.9 Å². The lowest BCUT2D eigenvalue weighted by Crippen LogP contribution is -2.33. The molecular formula is C13H17Cl3O3S. The Kier molecular flexibility index (Phi) is 6.45. The molecule has 0 radical (unpaired) electrons. The first kappa shape index (κ1) is 17.9. The highest BCUT2D eigenvalue weighted by atomic mass is 35.7. The lowest BCUT2D eigenvalue weighted by molar-refractivity contribution is 0.155. The Morgan fingerprint density at radius 2 is 1.80 bits per heavy atom. The fourth-order valence-electron chi connectivity index (χ4n) is 1.89. The molecule has 3 nitrogen and oxygen atoms in total. The van der Waals surface area contributed by atoms with Gasteiger partial charge < -0.3 is 4.74 Å². The van der Waals surface area contributed by atoms with Gasteiger partial charge in [-0.05, 0) is 31.0 Å². The summed E-state index contributed by atoms with van der Waals surface area (Å²) in [6.45, 7) is 4.06. The molecule has 0 saturated carbocycles. The SMILES string of the molecule is CCC(CC)(COc1ccc(Cl)cc1Cl)CS(=O)(=O)Cl. The second kappa shape index (κ2) is 7.21. The summed E-state index contributed by atoms with van der Waals surface area (Å²) in [4.78, 5) is 0. The summed E-state index contributed by atoms with van der Waals surface area (Å²) in [5.74, 6) is 0.356. The molecule has 0 bridgehead atoms. The smallest absolute Gasteiger partial charge is 0.233 e. The first-order valence-electron chi connectivity index (χ1n) is 6.21. The van der Waals surface area contributed by atoms with Gasteiger partial charge in [0.05, 0.1) is 17.4 Å². The fraction of sp³-hybridized carbons (Fsp3) is 0.538. The zero-order valence-electron chi connectivity index (χ0n) is 11.3. The summed E-state index contributed by atoms with van der Waals surface area (Å²) >= 11 is 11.8. The van der Waals surface area contributed by atoms with E-state index in [9.17, 15) is 8.42 Å². The molecule has 1 aromatic rings. The molecule has 0 spiro atoms. The number of rotatable bonds is 7. The second-order valence-electron chi connectivity index (χ2n) is 4.75. The standard InChI is InChI=1S/C13H17Cl3O3S/c1-3-13(4-2,9-20(16,17)18)8-19-12-6-5-10(14)7-11(12)15/h5-7H,3-4,8-9H2,1-2H3. The van der Waals surface area contributed by atoms with E-state index in [-0.39, 0.29) is 12.4 Å². The van der Waals surface area contributed by atoms with Gasteiger partial charge in [-0.25, -0.2) is 8.42 Å². The van der Waals surface area contributed by atoms with Crippen molar-refractivity contribution in [2.24, 2.45) is 5.41 Å². The Hall–Kier alpha value is -0.160. The summed E-state index contributed by atoms with van der Waals surface area (Å²) in [5.41, 5.74) is -0.524. The van der Waals surface area contributed by atoms with Crippen LogP contribution in [0.1, 0.15) is 26.7 Å². The minimum Gasteiger partial charge on any atom is -0.491 e. The Morgan fingerprint density at radius 3 is 2.25 bits per heavy atom. The van der Waals surface area contributed by atoms with Crippen molar-refractivity contribution in [3.63, 3.8) is 0 Å². The molecule has 20 heavy (non-hydrogen) atoms. The monoisotopic (exact) mass is 358 g/mol. The number of hydrogen-bond donors (Lipinski definition) is 0. The number of benzene rings is 1. The highest BCUT2D eigenvalue weighted by Crippen LogP contribution is 2.33. The zero-order valence-corrected chi connectivity index (χ0v) is 14.4. The molecular weight excluding hydrogens is 343 g/mol. The molecule has 7 heteroatoms. The molecule has 0 aromatic heterocycles. The highest BCUT2D eigenvalue weighted by molar-refractivity contribution is 8.13. The topological polar surface area (TPSA) is 43.4 Å². The van der Waals surface area contributed by atoms with E-state index in [1.54, 1.807) is 18.2 Å². The van der Waals surface area contributed by atoms with Crippen molar-refractivity contribution in [2.75, 3.05) is 12.4 Å². The van der Waals surface area contributed by atoms with E-state index in [4.69, 9.17) is 38.6 Å². The van der Waals surface area contributed by atoms with Gasteiger partial charge in [-0.3, -0.25) is 0 Å². The van der Waals surface area contributed by atoms with E-state index in [0.29, 0.717) is 28.6 Å². The molecule has 1 rings (SSSR count). The van der Waals surface area contributed by atoms with Crippen LogP contribution in [0.2, 0.25) is 10.0 Å². The molecule has 0 N–H and O–H groups in total. The van der Waals surface area contributed by atoms with Crippen LogP contribution in [0.15, 0.2) is 18.2 Å². The molecule has 0 amide bonds. The van der Waals surface area contributed by atoms with Gasteiger partial charge in [0, 0.05) is 21.1 Å². The third-order valence-corrected chi connectivity index (χ3v) is 5.22. The average molecular weight is 360 g/mol. The highest BCUT2D eigenvalue weighted by Gasteiger charge is 2.32. The first-order valence-corrected chi connectivity index (χ1v) is 9.45. The van der Waals surface area contributed by atoms with Crippen LogP contribution in [-0.4, -0.2) is 20.8 Å². The van der Waals surface area contributed by atoms with Crippen molar-refractivity contribution in [3.05, 3.63) is 28.2 Å². The third kappa shape index (κ3) is 5.32. The largest absolute Gasteiger partial charge is 0.491 e. The summed E-state index contributed by atoms with van der Waals surface area (Å²) in [6, 6.07) is 4.91. The van der Waals surface area contributed by atoms with Crippen LogP contribution in [0, 0.1) is 5.41 Å². The lowest BCUT2D eigenvalue weighted by Gasteiger charge is -2.30. The van der Waals surface area contributed by atoms with E-state index < -0.39 is 14.5 Å². The van der Waals surface area contributed by atoms with E-state index in [1.165, 1.54) is 0 Å². The van der Waals surface area contributed by atoms with E-state index in [2.05, 4.69) is 0 Å². The fourth-order valence-corrected chi connectivity index (χ4v) is 4.27. The van der Waals surface area contributed by atoms with E-state index >= 15 is 0 Å². The van der Waals surface area contributed by atoms with Crippen LogP contribution in [0.3, 0.4) is 0 Å². The van der Waals surface area contributed by atoms with Gasteiger partial charge in [-0.15, -0.1) is 0 Å². The molecule has 0 aliphatic carbocycles. The number of halogens is 3. The second-order valence-corrected chi connectivity index (χ2v) is 8.37. The summed E-state index contributed by atoms with van der Waals surface area (Å²) in [6.07, 6.45) is 1.28. The van der Waals surface area contributed by atoms with E-state index in [0.717, 1.165) is 0 Å². The molecule has 114 valence electrons. The maximum atomic E-state index is 11.4. The molecule has 0 aliphatic rings. The Bertz CT molecular complexity index is 554. The molecule has 0 aliphatic heterocycles. The van der Waals surface area contributed by atoms with Crippen LogP contribution in [0.5, 0.6) is 5.75 Å². The van der Waals surface area contributed by atoms with Crippen molar-refractivity contribution < 1.29 is 13.2 Å². The van der Waals surface area contributed by atoms with Crippen LogP contribution in [0.4, 0.5) is 0 Å². The molecule has 0 saturated heterocycles. The number of ether oxygens (including phenoxy) is 1.